The van der Waals surface area contributed by atoms with Crippen molar-refractivity contribution in [1.82, 2.24) is 0 Å². The third-order valence-corrected chi connectivity index (χ3v) is 6.86. The van der Waals surface area contributed by atoms with Crippen LogP contribution in [0.4, 0.5) is 22.0 Å². The van der Waals surface area contributed by atoms with Gasteiger partial charge in [-0.05, 0) is 31.6 Å². The highest BCUT2D eigenvalue weighted by Crippen LogP contribution is 2.43. The minimum Gasteiger partial charge on any atom is -0.432 e. The average molecular weight is 434 g/mol. The van der Waals surface area contributed by atoms with Crippen molar-refractivity contribution in [2.24, 2.45) is 23.7 Å². The molecular weight excluding hydrogens is 407 g/mol. The number of ether oxygens (including phenoxy) is 3. The lowest BCUT2D eigenvalue weighted by atomic mass is 9.80. The van der Waals surface area contributed by atoms with Gasteiger partial charge in [0.15, 0.2) is 23.7 Å². The molecule has 30 heavy (non-hydrogen) atoms. The molecule has 4 rings (SSSR count). The molecule has 3 nitrogen and oxygen atoms in total. The number of benzene rings is 1. The second kappa shape index (κ2) is 8.99. The van der Waals surface area contributed by atoms with Crippen LogP contribution < -0.4 is 4.74 Å². The van der Waals surface area contributed by atoms with E-state index in [9.17, 15) is 22.0 Å². The number of hydrogen-bond donors (Lipinski definition) is 0. The number of alkyl halides is 2. The Hall–Kier alpha value is -1.41. The zero-order valence-electron chi connectivity index (χ0n) is 16.7. The Balaban J connectivity index is 1.27. The third kappa shape index (κ3) is 4.74. The van der Waals surface area contributed by atoms with Gasteiger partial charge in [-0.3, -0.25) is 0 Å². The normalized spacial score (nSPS) is 31.1. The molecule has 2 saturated carbocycles. The molecule has 1 saturated heterocycles. The summed E-state index contributed by atoms with van der Waals surface area (Å²) in [5, 5.41) is 0. The quantitative estimate of drug-likeness (QED) is 0.416. The van der Waals surface area contributed by atoms with Gasteiger partial charge in [-0.15, -0.1) is 0 Å². The summed E-state index contributed by atoms with van der Waals surface area (Å²) in [6.07, 6.45) is 2.36. The van der Waals surface area contributed by atoms with Crippen LogP contribution in [0.25, 0.3) is 0 Å². The molecule has 2 aliphatic carbocycles. The molecule has 1 aromatic carbocycles. The fourth-order valence-corrected chi connectivity index (χ4v) is 5.07. The van der Waals surface area contributed by atoms with Crippen LogP contribution >= 0.6 is 0 Å². The number of rotatable bonds is 5. The molecule has 0 N–H and O–H groups in total. The van der Waals surface area contributed by atoms with E-state index in [4.69, 9.17) is 9.47 Å². The van der Waals surface area contributed by atoms with Crippen molar-refractivity contribution in [2.75, 3.05) is 13.2 Å². The van der Waals surface area contributed by atoms with Gasteiger partial charge in [0.05, 0.1) is 19.1 Å². The summed E-state index contributed by atoms with van der Waals surface area (Å²) in [6.45, 7) is 1.33. The molecule has 1 aromatic rings. The second-order valence-corrected chi connectivity index (χ2v) is 8.82. The van der Waals surface area contributed by atoms with Crippen LogP contribution in [0.2, 0.25) is 0 Å². The summed E-state index contributed by atoms with van der Waals surface area (Å²) in [4.78, 5) is 0. The summed E-state index contributed by atoms with van der Waals surface area (Å²) in [6, 6.07) is 0.866. The van der Waals surface area contributed by atoms with Crippen molar-refractivity contribution in [3.05, 3.63) is 29.6 Å². The first-order chi connectivity index (χ1) is 14.3. The summed E-state index contributed by atoms with van der Waals surface area (Å²) < 4.78 is 85.1. The minimum atomic E-state index is -3.61. The molecule has 1 aliphatic heterocycles. The van der Waals surface area contributed by atoms with Crippen molar-refractivity contribution in [3.8, 4) is 5.75 Å². The van der Waals surface area contributed by atoms with E-state index in [0.29, 0.717) is 50.0 Å². The van der Waals surface area contributed by atoms with E-state index in [1.54, 1.807) is 0 Å². The second-order valence-electron chi connectivity index (χ2n) is 8.82. The zero-order valence-corrected chi connectivity index (χ0v) is 16.7. The van der Waals surface area contributed by atoms with Crippen molar-refractivity contribution >= 4 is 0 Å². The van der Waals surface area contributed by atoms with E-state index >= 15 is 0 Å². The minimum absolute atomic E-state index is 0.0438. The Labute approximate surface area is 172 Å². The Kier molecular flexibility index (Phi) is 6.53. The first-order valence-electron chi connectivity index (χ1n) is 10.8. The van der Waals surface area contributed by atoms with Crippen LogP contribution in [0.15, 0.2) is 12.1 Å². The Morgan fingerprint density at radius 2 is 1.33 bits per heavy atom. The summed E-state index contributed by atoms with van der Waals surface area (Å²) in [7, 11) is 0. The molecule has 168 valence electrons. The summed E-state index contributed by atoms with van der Waals surface area (Å²) in [5.74, 6) is -5.53. The van der Waals surface area contributed by atoms with Gasteiger partial charge in [-0.25, -0.2) is 13.2 Å². The number of hydrogen-bond acceptors (Lipinski definition) is 3. The largest absolute Gasteiger partial charge is 0.432 e. The van der Waals surface area contributed by atoms with Crippen molar-refractivity contribution in [1.29, 1.82) is 0 Å². The van der Waals surface area contributed by atoms with Crippen LogP contribution in [-0.2, 0) is 9.47 Å². The lowest BCUT2D eigenvalue weighted by Gasteiger charge is -2.40. The average Bonchev–Trinajstić information content (AvgIpc) is 3.27. The number of halogens is 5. The molecular formula is C22H27F5O3. The Morgan fingerprint density at radius 1 is 0.767 bits per heavy atom. The predicted octanol–water partition coefficient (Wildman–Crippen LogP) is 6.06. The van der Waals surface area contributed by atoms with E-state index in [0.717, 1.165) is 0 Å². The predicted molar refractivity (Wildman–Crippen MR) is 98.5 cm³/mol. The van der Waals surface area contributed by atoms with Crippen LogP contribution in [-0.4, -0.2) is 25.6 Å². The molecule has 0 aromatic heterocycles. The van der Waals surface area contributed by atoms with Crippen molar-refractivity contribution < 1.29 is 36.2 Å². The van der Waals surface area contributed by atoms with Crippen molar-refractivity contribution in [2.45, 2.75) is 63.8 Å². The lowest BCUT2D eigenvalue weighted by molar-refractivity contribution is -0.250. The summed E-state index contributed by atoms with van der Waals surface area (Å²) >= 11 is 0. The molecule has 0 bridgehead atoms. The van der Waals surface area contributed by atoms with Gasteiger partial charge in [0, 0.05) is 24.0 Å². The molecule has 8 heteroatoms. The van der Waals surface area contributed by atoms with Gasteiger partial charge in [-0.2, -0.15) is 8.78 Å². The maximum Gasteiger partial charge on any atom is 0.400 e. The van der Waals surface area contributed by atoms with E-state index < -0.39 is 35.2 Å². The first kappa shape index (κ1) is 21.8. The topological polar surface area (TPSA) is 27.7 Å². The highest BCUT2D eigenvalue weighted by molar-refractivity contribution is 5.25. The van der Waals surface area contributed by atoms with Gasteiger partial charge in [0.2, 0.25) is 0 Å². The zero-order chi connectivity index (χ0) is 21.3. The van der Waals surface area contributed by atoms with Crippen LogP contribution in [0.5, 0.6) is 5.75 Å². The van der Waals surface area contributed by atoms with Gasteiger partial charge in [-0.1, -0.05) is 25.7 Å². The molecule has 0 spiro atoms. The van der Waals surface area contributed by atoms with Crippen LogP contribution in [0.1, 0.15) is 51.4 Å². The van der Waals surface area contributed by atoms with E-state index in [1.165, 1.54) is 25.7 Å². The van der Waals surface area contributed by atoms with Gasteiger partial charge < -0.3 is 14.2 Å². The molecule has 0 atom stereocenters. The van der Waals surface area contributed by atoms with Gasteiger partial charge >= 0.3 is 6.11 Å². The molecule has 0 radical (unpaired) electrons. The fourth-order valence-electron chi connectivity index (χ4n) is 5.07. The molecule has 0 unspecified atom stereocenters. The highest BCUT2D eigenvalue weighted by Gasteiger charge is 2.46. The third-order valence-electron chi connectivity index (χ3n) is 6.86. The van der Waals surface area contributed by atoms with E-state index in [1.807, 2.05) is 0 Å². The van der Waals surface area contributed by atoms with E-state index in [-0.39, 0.29) is 25.0 Å². The molecule has 3 fully saturated rings. The van der Waals surface area contributed by atoms with Gasteiger partial charge in [0.25, 0.3) is 0 Å². The SMILES string of the molecule is Fc1cc(OC(F)(F)C2CCC(C3OCC(C4CCCC4)CO3)CC2)cc(F)c1F. The maximum atomic E-state index is 14.5. The monoisotopic (exact) mass is 434 g/mol. The first-order valence-corrected chi connectivity index (χ1v) is 10.8. The molecule has 0 amide bonds. The van der Waals surface area contributed by atoms with E-state index in [2.05, 4.69) is 4.74 Å². The van der Waals surface area contributed by atoms with Gasteiger partial charge in [0.1, 0.15) is 5.75 Å². The Bertz CT molecular complexity index is 698. The molecule has 1 heterocycles. The molecule has 3 aliphatic rings. The van der Waals surface area contributed by atoms with Crippen molar-refractivity contribution in [3.63, 3.8) is 0 Å². The summed E-state index contributed by atoms with van der Waals surface area (Å²) in [5.41, 5.74) is 0. The Morgan fingerprint density at radius 3 is 1.90 bits per heavy atom. The lowest BCUT2D eigenvalue weighted by Crippen LogP contribution is -2.43. The smallest absolute Gasteiger partial charge is 0.400 e. The highest BCUT2D eigenvalue weighted by atomic mass is 19.3. The van der Waals surface area contributed by atoms with Crippen LogP contribution in [0.3, 0.4) is 0 Å². The van der Waals surface area contributed by atoms with Crippen LogP contribution in [0, 0.1) is 41.1 Å². The fraction of sp³-hybridized carbons (Fsp3) is 0.727. The maximum absolute atomic E-state index is 14.5. The standard InChI is InChI=1S/C22H27F5O3/c23-18-9-17(10-19(24)20(18)25)30-22(26,27)16-7-5-14(6-8-16)21-28-11-15(12-29-21)13-3-1-2-4-13/h9-10,13-16,21H,1-8,11-12H2.